The van der Waals surface area contributed by atoms with Gasteiger partial charge in [0.15, 0.2) is 0 Å². The van der Waals surface area contributed by atoms with Crippen LogP contribution in [0.3, 0.4) is 0 Å². The number of nitrogens with zero attached hydrogens (tertiary/aromatic N) is 5. The number of imidazole rings is 1. The zero-order valence-corrected chi connectivity index (χ0v) is 24.3. The Morgan fingerprint density at radius 1 is 1.07 bits per heavy atom. The van der Waals surface area contributed by atoms with Crippen molar-refractivity contribution in [2.45, 2.75) is 64.1 Å². The zero-order valence-electron chi connectivity index (χ0n) is 23.6. The monoisotopic (exact) mass is 601 g/mol. The molecule has 10 nitrogen and oxygen atoms in total. The van der Waals surface area contributed by atoms with Gasteiger partial charge in [-0.2, -0.15) is 0 Å². The second-order valence-electron chi connectivity index (χ2n) is 11.1. The Bertz CT molecular complexity index is 1460. The van der Waals surface area contributed by atoms with Gasteiger partial charge in [0.05, 0.1) is 16.1 Å². The Balaban J connectivity index is 1.44. The number of rotatable bonds is 7. The van der Waals surface area contributed by atoms with E-state index in [9.17, 15) is 23.2 Å². The second-order valence-corrected chi connectivity index (χ2v) is 11.6. The molecule has 0 aliphatic carbocycles. The number of nitrogens with one attached hydrogen (secondary N) is 2. The number of fused-ring (bicyclic) bond motifs is 1. The van der Waals surface area contributed by atoms with Crippen molar-refractivity contribution in [1.82, 2.24) is 29.7 Å². The van der Waals surface area contributed by atoms with E-state index in [1.165, 1.54) is 15.7 Å². The zero-order chi connectivity index (χ0) is 30.0. The van der Waals surface area contributed by atoms with E-state index >= 15 is 0 Å². The summed E-state index contributed by atoms with van der Waals surface area (Å²) in [5.41, 5.74) is 0.828. The van der Waals surface area contributed by atoms with Crippen LogP contribution in [0.2, 0.25) is 5.02 Å². The molecule has 2 aliphatic rings. The van der Waals surface area contributed by atoms with Crippen LogP contribution in [0.15, 0.2) is 36.5 Å². The summed E-state index contributed by atoms with van der Waals surface area (Å²) in [7, 11) is 0. The van der Waals surface area contributed by atoms with Gasteiger partial charge >= 0.3 is 0 Å². The van der Waals surface area contributed by atoms with Gasteiger partial charge in [-0.25, -0.2) is 18.7 Å². The van der Waals surface area contributed by atoms with E-state index in [1.807, 2.05) is 0 Å². The number of anilines is 1. The third-order valence-corrected chi connectivity index (χ3v) is 8.11. The fourth-order valence-electron chi connectivity index (χ4n) is 5.45. The molecule has 13 heteroatoms. The van der Waals surface area contributed by atoms with Crippen molar-refractivity contribution in [3.05, 3.63) is 52.9 Å². The highest BCUT2D eigenvalue weighted by Gasteiger charge is 2.36. The molecular formula is C29H34ClF2N7O3. The minimum atomic E-state index is -2.80. The lowest BCUT2D eigenvalue weighted by molar-refractivity contribution is -0.116. The van der Waals surface area contributed by atoms with E-state index in [1.54, 1.807) is 30.3 Å². The smallest absolute Gasteiger partial charge is 0.287 e. The third kappa shape index (κ3) is 6.70. The number of piperidine rings is 2. The molecule has 3 amide bonds. The molecule has 2 aromatic heterocycles. The number of hydrogen-bond donors (Lipinski definition) is 2. The van der Waals surface area contributed by atoms with Crippen LogP contribution >= 0.6 is 11.6 Å². The van der Waals surface area contributed by atoms with Crippen LogP contribution in [0.4, 0.5) is 14.6 Å². The summed E-state index contributed by atoms with van der Waals surface area (Å²) in [6.07, 6.45) is 2.13. The molecule has 0 saturated carbocycles. The predicted molar refractivity (Wildman–Crippen MR) is 155 cm³/mol. The number of carbonyl (C=O) groups is 3. The van der Waals surface area contributed by atoms with Crippen LogP contribution in [0, 0.1) is 0 Å². The van der Waals surface area contributed by atoms with E-state index < -0.39 is 36.5 Å². The lowest BCUT2D eigenvalue weighted by Crippen LogP contribution is -2.47. The van der Waals surface area contributed by atoms with Gasteiger partial charge < -0.3 is 25.0 Å². The molecule has 224 valence electrons. The molecule has 42 heavy (non-hydrogen) atoms. The third-order valence-electron chi connectivity index (χ3n) is 7.89. The number of amides is 3. The van der Waals surface area contributed by atoms with Gasteiger partial charge in [-0.3, -0.25) is 14.4 Å². The standard InChI is InChI=1S/C29H34ClF2N7O3/c1-18(2)37-12-8-20(9-13-37)34-27(41)26-36-25-21(28(42)38-14-10-29(31,32)11-15-38)4-3-5-22(25)39(26)17-24(40)35-23-7-6-19(30)16-33-23/h3-7,16,18,20H,8-15,17H2,1-2H3,(H,34,41)(H,33,35,40). The molecule has 2 aliphatic heterocycles. The number of carbonyl (C=O) groups excluding carboxylic acids is 3. The highest BCUT2D eigenvalue weighted by atomic mass is 35.5. The molecule has 0 bridgehead atoms. The molecule has 5 rings (SSSR count). The Morgan fingerprint density at radius 3 is 2.43 bits per heavy atom. The number of para-hydroxylation sites is 1. The van der Waals surface area contributed by atoms with Crippen molar-refractivity contribution >= 4 is 46.2 Å². The van der Waals surface area contributed by atoms with Gasteiger partial charge in [-0.15, -0.1) is 0 Å². The summed E-state index contributed by atoms with van der Waals surface area (Å²) in [5.74, 6) is -3.88. The first-order valence-corrected chi connectivity index (χ1v) is 14.5. The Morgan fingerprint density at radius 2 is 1.79 bits per heavy atom. The summed E-state index contributed by atoms with van der Waals surface area (Å²) in [5, 5.41) is 6.17. The van der Waals surface area contributed by atoms with Crippen molar-refractivity contribution in [1.29, 1.82) is 0 Å². The fraction of sp³-hybridized carbons (Fsp3) is 0.483. The van der Waals surface area contributed by atoms with Gasteiger partial charge in [0.1, 0.15) is 17.9 Å². The van der Waals surface area contributed by atoms with Gasteiger partial charge in [0.2, 0.25) is 11.7 Å². The van der Waals surface area contributed by atoms with E-state index in [4.69, 9.17) is 11.6 Å². The average molecular weight is 602 g/mol. The number of hydrogen-bond acceptors (Lipinski definition) is 6. The predicted octanol–water partition coefficient (Wildman–Crippen LogP) is 4.20. The maximum atomic E-state index is 13.7. The van der Waals surface area contributed by atoms with Crippen LogP contribution in [0.25, 0.3) is 11.0 Å². The first kappa shape index (κ1) is 29.8. The SMILES string of the molecule is CC(C)N1CCC(NC(=O)c2nc3c(C(=O)N4CCC(F)(F)CC4)cccc3n2CC(=O)Nc2ccc(Cl)cn2)CC1. The Labute approximate surface area is 247 Å². The van der Waals surface area contributed by atoms with E-state index in [0.29, 0.717) is 16.6 Å². The van der Waals surface area contributed by atoms with Crippen molar-refractivity contribution in [3.63, 3.8) is 0 Å². The lowest BCUT2D eigenvalue weighted by atomic mass is 10.0. The lowest BCUT2D eigenvalue weighted by Gasteiger charge is -2.34. The number of likely N-dealkylation sites (tertiary alicyclic amines) is 2. The normalized spacial score (nSPS) is 17.9. The Kier molecular flexibility index (Phi) is 8.74. The number of benzene rings is 1. The minimum absolute atomic E-state index is 0.0130. The maximum Gasteiger partial charge on any atom is 0.287 e. The summed E-state index contributed by atoms with van der Waals surface area (Å²) in [4.78, 5) is 52.5. The van der Waals surface area contributed by atoms with Crippen molar-refractivity contribution in [2.24, 2.45) is 0 Å². The summed E-state index contributed by atoms with van der Waals surface area (Å²) in [6, 6.07) is 8.38. The maximum absolute atomic E-state index is 13.7. The summed E-state index contributed by atoms with van der Waals surface area (Å²) >= 11 is 5.90. The van der Waals surface area contributed by atoms with Crippen LogP contribution in [-0.2, 0) is 11.3 Å². The summed E-state index contributed by atoms with van der Waals surface area (Å²) < 4.78 is 29.0. The minimum Gasteiger partial charge on any atom is -0.347 e. The van der Waals surface area contributed by atoms with Crippen molar-refractivity contribution in [2.75, 3.05) is 31.5 Å². The van der Waals surface area contributed by atoms with Crippen molar-refractivity contribution < 1.29 is 23.2 Å². The molecule has 2 N–H and O–H groups in total. The van der Waals surface area contributed by atoms with Crippen LogP contribution in [-0.4, -0.2) is 86.2 Å². The largest absolute Gasteiger partial charge is 0.347 e. The molecule has 0 atom stereocenters. The number of pyridine rings is 1. The average Bonchev–Trinajstić information content (AvgIpc) is 3.32. The first-order valence-electron chi connectivity index (χ1n) is 14.1. The van der Waals surface area contributed by atoms with E-state index in [2.05, 4.69) is 39.3 Å². The number of aromatic nitrogens is 3. The molecule has 0 unspecified atom stereocenters. The van der Waals surface area contributed by atoms with E-state index in [-0.39, 0.29) is 48.4 Å². The molecule has 2 fully saturated rings. The molecule has 1 aromatic carbocycles. The first-order chi connectivity index (χ1) is 20.0. The molecule has 3 aromatic rings. The highest BCUT2D eigenvalue weighted by Crippen LogP contribution is 2.30. The molecule has 4 heterocycles. The second kappa shape index (κ2) is 12.3. The Hall–Kier alpha value is -3.64. The van der Waals surface area contributed by atoms with Gasteiger partial charge in [-0.05, 0) is 51.0 Å². The van der Waals surface area contributed by atoms with Crippen LogP contribution < -0.4 is 10.6 Å². The van der Waals surface area contributed by atoms with Crippen molar-refractivity contribution in [3.8, 4) is 0 Å². The topological polar surface area (TPSA) is 112 Å². The fourth-order valence-corrected chi connectivity index (χ4v) is 5.56. The van der Waals surface area contributed by atoms with Gasteiger partial charge in [-0.1, -0.05) is 17.7 Å². The van der Waals surface area contributed by atoms with Gasteiger partial charge in [0, 0.05) is 57.3 Å². The molecule has 0 radical (unpaired) electrons. The number of halogens is 3. The summed E-state index contributed by atoms with van der Waals surface area (Å²) in [6.45, 7) is 5.54. The highest BCUT2D eigenvalue weighted by molar-refractivity contribution is 6.30. The van der Waals surface area contributed by atoms with E-state index in [0.717, 1.165) is 25.9 Å². The van der Waals surface area contributed by atoms with Gasteiger partial charge in [0.25, 0.3) is 17.7 Å². The van der Waals surface area contributed by atoms with Crippen LogP contribution in [0.5, 0.6) is 0 Å². The van der Waals surface area contributed by atoms with Crippen LogP contribution in [0.1, 0.15) is 60.5 Å². The molecule has 0 spiro atoms. The molecule has 2 saturated heterocycles. The molecular weight excluding hydrogens is 568 g/mol. The quantitative estimate of drug-likeness (QED) is 0.420. The number of alkyl halides is 2.